The van der Waals surface area contributed by atoms with Crippen molar-refractivity contribution in [3.8, 4) is 5.75 Å². The van der Waals surface area contributed by atoms with E-state index in [2.05, 4.69) is 0 Å². The van der Waals surface area contributed by atoms with E-state index < -0.39 is 0 Å². The van der Waals surface area contributed by atoms with Gasteiger partial charge in [0.05, 0.1) is 6.61 Å². The monoisotopic (exact) mass is 225 g/mol. The number of hydrogen-bond donors (Lipinski definition) is 1. The lowest BCUT2D eigenvalue weighted by Gasteiger charge is -2.10. The molecule has 1 fully saturated rings. The normalized spacial score (nSPS) is 17.5. The van der Waals surface area contributed by atoms with Gasteiger partial charge in [0.1, 0.15) is 5.75 Å². The summed E-state index contributed by atoms with van der Waals surface area (Å²) in [4.78, 5) is 0. The van der Waals surface area contributed by atoms with Crippen LogP contribution in [0.25, 0.3) is 0 Å². The second-order valence-electron chi connectivity index (χ2n) is 4.23. The Bertz CT molecular complexity index is 347. The lowest BCUT2D eigenvalue weighted by atomic mass is 10.1. The molecule has 1 atom stereocenters. The van der Waals surface area contributed by atoms with Gasteiger partial charge in [-0.1, -0.05) is 17.7 Å². The largest absolute Gasteiger partial charge is 0.493 e. The van der Waals surface area contributed by atoms with Crippen LogP contribution >= 0.6 is 11.6 Å². The Balaban J connectivity index is 2.03. The number of hydrogen-bond acceptors (Lipinski definition) is 2. The van der Waals surface area contributed by atoms with E-state index in [0.29, 0.717) is 5.02 Å². The molecule has 1 unspecified atom stereocenters. The van der Waals surface area contributed by atoms with Crippen molar-refractivity contribution in [1.29, 1.82) is 0 Å². The van der Waals surface area contributed by atoms with E-state index in [-0.39, 0.29) is 6.04 Å². The standard InChI is InChI=1S/C12H16ClNO/c1-8(14)11-5-4-10(6-12(11)13)15-7-9-2-3-9/h4-6,8-9H,2-3,7,14H2,1H3. The Morgan fingerprint density at radius 3 is 2.80 bits per heavy atom. The van der Waals surface area contributed by atoms with Crippen LogP contribution in [-0.2, 0) is 0 Å². The Kier molecular flexibility index (Phi) is 3.17. The first-order valence-electron chi connectivity index (χ1n) is 5.34. The van der Waals surface area contributed by atoms with Crippen LogP contribution in [-0.4, -0.2) is 6.61 Å². The van der Waals surface area contributed by atoms with E-state index in [1.807, 2.05) is 25.1 Å². The number of ether oxygens (including phenoxy) is 1. The van der Waals surface area contributed by atoms with Crippen LogP contribution in [0.1, 0.15) is 31.4 Å². The summed E-state index contributed by atoms with van der Waals surface area (Å²) in [6.45, 7) is 2.74. The molecule has 82 valence electrons. The van der Waals surface area contributed by atoms with Gasteiger partial charge in [-0.05, 0) is 43.4 Å². The zero-order valence-electron chi connectivity index (χ0n) is 8.87. The number of nitrogens with two attached hydrogens (primary N) is 1. The highest BCUT2D eigenvalue weighted by Gasteiger charge is 2.22. The molecule has 1 aromatic rings. The van der Waals surface area contributed by atoms with Crippen molar-refractivity contribution >= 4 is 11.6 Å². The summed E-state index contributed by atoms with van der Waals surface area (Å²) >= 11 is 6.10. The molecule has 2 nitrogen and oxygen atoms in total. The van der Waals surface area contributed by atoms with E-state index in [1.54, 1.807) is 0 Å². The fraction of sp³-hybridized carbons (Fsp3) is 0.500. The molecule has 0 aliphatic heterocycles. The molecule has 15 heavy (non-hydrogen) atoms. The minimum absolute atomic E-state index is 0.0324. The van der Waals surface area contributed by atoms with Crippen LogP contribution in [0.3, 0.4) is 0 Å². The first-order chi connectivity index (χ1) is 7.16. The van der Waals surface area contributed by atoms with E-state index >= 15 is 0 Å². The fourth-order valence-corrected chi connectivity index (χ4v) is 1.81. The molecule has 1 aliphatic carbocycles. The fourth-order valence-electron chi connectivity index (χ4n) is 1.47. The minimum atomic E-state index is -0.0324. The van der Waals surface area contributed by atoms with E-state index in [0.717, 1.165) is 23.8 Å². The number of rotatable bonds is 4. The van der Waals surface area contributed by atoms with E-state index in [1.165, 1.54) is 12.8 Å². The van der Waals surface area contributed by atoms with Gasteiger partial charge in [-0.25, -0.2) is 0 Å². The highest BCUT2D eigenvalue weighted by Crippen LogP contribution is 2.31. The van der Waals surface area contributed by atoms with Gasteiger partial charge in [-0.15, -0.1) is 0 Å². The first kappa shape index (κ1) is 10.8. The number of halogens is 1. The minimum Gasteiger partial charge on any atom is -0.493 e. The van der Waals surface area contributed by atoms with Gasteiger partial charge in [0.2, 0.25) is 0 Å². The summed E-state index contributed by atoms with van der Waals surface area (Å²) in [6.07, 6.45) is 2.59. The third kappa shape index (κ3) is 2.86. The molecule has 0 heterocycles. The lowest BCUT2D eigenvalue weighted by molar-refractivity contribution is 0.299. The van der Waals surface area contributed by atoms with E-state index in [9.17, 15) is 0 Å². The highest BCUT2D eigenvalue weighted by atomic mass is 35.5. The van der Waals surface area contributed by atoms with Crippen molar-refractivity contribution in [3.05, 3.63) is 28.8 Å². The van der Waals surface area contributed by atoms with Gasteiger partial charge < -0.3 is 10.5 Å². The Hall–Kier alpha value is -0.730. The van der Waals surface area contributed by atoms with Crippen molar-refractivity contribution in [2.24, 2.45) is 11.7 Å². The molecular formula is C12H16ClNO. The summed E-state index contributed by atoms with van der Waals surface area (Å²) in [5.41, 5.74) is 6.74. The molecule has 1 aliphatic rings. The summed E-state index contributed by atoms with van der Waals surface area (Å²) in [6, 6.07) is 5.69. The predicted octanol–water partition coefficient (Wildman–Crippen LogP) is 3.15. The molecule has 0 aromatic heterocycles. The summed E-state index contributed by atoms with van der Waals surface area (Å²) in [5.74, 6) is 1.60. The molecule has 0 spiro atoms. The molecule has 2 rings (SSSR count). The smallest absolute Gasteiger partial charge is 0.120 e. The molecule has 0 saturated heterocycles. The van der Waals surface area contributed by atoms with Crippen molar-refractivity contribution in [3.63, 3.8) is 0 Å². The first-order valence-corrected chi connectivity index (χ1v) is 5.72. The average Bonchev–Trinajstić information content (AvgIpc) is 2.97. The molecule has 3 heteroatoms. The second kappa shape index (κ2) is 4.42. The molecule has 0 radical (unpaired) electrons. The Labute approximate surface area is 95.4 Å². The van der Waals surface area contributed by atoms with Crippen LogP contribution < -0.4 is 10.5 Å². The predicted molar refractivity (Wildman–Crippen MR) is 62.3 cm³/mol. The van der Waals surface area contributed by atoms with Gasteiger partial charge >= 0.3 is 0 Å². The lowest BCUT2D eigenvalue weighted by Crippen LogP contribution is -2.06. The van der Waals surface area contributed by atoms with Crippen molar-refractivity contribution in [2.75, 3.05) is 6.61 Å². The third-order valence-electron chi connectivity index (χ3n) is 2.65. The summed E-state index contributed by atoms with van der Waals surface area (Å²) in [7, 11) is 0. The Morgan fingerprint density at radius 2 is 2.27 bits per heavy atom. The molecule has 0 bridgehead atoms. The molecule has 1 aromatic carbocycles. The van der Waals surface area contributed by atoms with Crippen LogP contribution in [0.2, 0.25) is 5.02 Å². The van der Waals surface area contributed by atoms with Crippen molar-refractivity contribution < 1.29 is 4.74 Å². The van der Waals surface area contributed by atoms with E-state index in [4.69, 9.17) is 22.1 Å². The molecule has 1 saturated carbocycles. The summed E-state index contributed by atoms with van der Waals surface area (Å²) in [5, 5.41) is 0.693. The van der Waals surface area contributed by atoms with Gasteiger partial charge in [0.25, 0.3) is 0 Å². The zero-order chi connectivity index (χ0) is 10.8. The molecule has 2 N–H and O–H groups in total. The van der Waals surface area contributed by atoms with Crippen LogP contribution in [0.4, 0.5) is 0 Å². The maximum absolute atomic E-state index is 6.10. The van der Waals surface area contributed by atoms with Gasteiger partial charge in [-0.3, -0.25) is 0 Å². The van der Waals surface area contributed by atoms with Gasteiger partial charge in [-0.2, -0.15) is 0 Å². The van der Waals surface area contributed by atoms with Crippen molar-refractivity contribution in [1.82, 2.24) is 0 Å². The van der Waals surface area contributed by atoms with Gasteiger partial charge in [0, 0.05) is 11.1 Å². The SMILES string of the molecule is CC(N)c1ccc(OCC2CC2)cc1Cl. The van der Waals surface area contributed by atoms with Gasteiger partial charge in [0.15, 0.2) is 0 Å². The number of benzene rings is 1. The van der Waals surface area contributed by atoms with Crippen molar-refractivity contribution in [2.45, 2.75) is 25.8 Å². The quantitative estimate of drug-likeness (QED) is 0.855. The maximum atomic E-state index is 6.10. The highest BCUT2D eigenvalue weighted by molar-refractivity contribution is 6.31. The van der Waals surface area contributed by atoms with Crippen LogP contribution in [0, 0.1) is 5.92 Å². The Morgan fingerprint density at radius 1 is 1.53 bits per heavy atom. The molecular weight excluding hydrogens is 210 g/mol. The molecule has 0 amide bonds. The van der Waals surface area contributed by atoms with Crippen LogP contribution in [0.5, 0.6) is 5.75 Å². The third-order valence-corrected chi connectivity index (χ3v) is 2.97. The topological polar surface area (TPSA) is 35.2 Å². The summed E-state index contributed by atoms with van der Waals surface area (Å²) < 4.78 is 5.62. The van der Waals surface area contributed by atoms with Crippen LogP contribution in [0.15, 0.2) is 18.2 Å². The maximum Gasteiger partial charge on any atom is 0.120 e. The zero-order valence-corrected chi connectivity index (χ0v) is 9.63. The second-order valence-corrected chi connectivity index (χ2v) is 4.63. The average molecular weight is 226 g/mol.